The summed E-state index contributed by atoms with van der Waals surface area (Å²) in [5.74, 6) is -2.57. The minimum absolute atomic E-state index is 0.0354. The van der Waals surface area contributed by atoms with Gasteiger partial charge in [-0.25, -0.2) is 17.2 Å². The lowest BCUT2D eigenvalue weighted by Gasteiger charge is -2.26. The number of aromatic nitrogens is 3. The molecule has 0 atom stereocenters. The molecular weight excluding hydrogens is 584 g/mol. The van der Waals surface area contributed by atoms with E-state index in [0.717, 1.165) is 16.4 Å². The van der Waals surface area contributed by atoms with Crippen LogP contribution in [-0.2, 0) is 23.0 Å². The SMILES string of the molecule is CN(C)CCOc1ccc(C(=O)Nc2n[nH]c3c2CN(S(=O)(=O)c2cc(F)cc(F)c2)CC3)c(NC(=O)c2cc[nH]c2)c1. The number of sulfonamides is 1. The lowest BCUT2D eigenvalue weighted by Crippen LogP contribution is -2.36. The van der Waals surface area contributed by atoms with Crippen LogP contribution in [0.4, 0.5) is 20.3 Å². The smallest absolute Gasteiger partial charge is 0.258 e. The zero-order valence-corrected chi connectivity index (χ0v) is 24.1. The molecule has 0 saturated carbocycles. The maximum absolute atomic E-state index is 13.8. The second-order valence-electron chi connectivity index (χ2n) is 10.1. The van der Waals surface area contributed by atoms with E-state index in [2.05, 4.69) is 25.8 Å². The quantitative estimate of drug-likeness (QED) is 0.214. The zero-order chi connectivity index (χ0) is 30.7. The number of ether oxygens (including phenoxy) is 1. The van der Waals surface area contributed by atoms with Gasteiger partial charge in [0.2, 0.25) is 10.0 Å². The Kier molecular flexibility index (Phi) is 8.57. The first-order chi connectivity index (χ1) is 20.5. The number of hydrogen-bond acceptors (Lipinski definition) is 7. The van der Waals surface area contributed by atoms with Crippen LogP contribution >= 0.6 is 0 Å². The first-order valence-corrected chi connectivity index (χ1v) is 14.6. The van der Waals surface area contributed by atoms with Crippen LogP contribution in [-0.4, -0.2) is 78.4 Å². The summed E-state index contributed by atoms with van der Waals surface area (Å²) in [6.45, 7) is 0.870. The summed E-state index contributed by atoms with van der Waals surface area (Å²) in [6.07, 6.45) is 3.34. The predicted molar refractivity (Wildman–Crippen MR) is 153 cm³/mol. The molecular formula is C28H29F2N7O5S. The van der Waals surface area contributed by atoms with Crippen LogP contribution in [0.15, 0.2) is 59.8 Å². The number of rotatable bonds is 10. The van der Waals surface area contributed by atoms with E-state index in [1.165, 1.54) is 12.3 Å². The highest BCUT2D eigenvalue weighted by Crippen LogP contribution is 2.30. The van der Waals surface area contributed by atoms with E-state index in [4.69, 9.17) is 4.74 Å². The van der Waals surface area contributed by atoms with Crippen molar-refractivity contribution in [2.45, 2.75) is 17.9 Å². The number of aromatic amines is 2. The number of fused-ring (bicyclic) bond motifs is 1. The predicted octanol–water partition coefficient (Wildman–Crippen LogP) is 3.21. The van der Waals surface area contributed by atoms with Crippen LogP contribution in [0.3, 0.4) is 0 Å². The summed E-state index contributed by atoms with van der Waals surface area (Å²) < 4.78 is 60.8. The van der Waals surface area contributed by atoms with Crippen molar-refractivity contribution in [3.05, 3.63) is 88.9 Å². The number of nitrogens with one attached hydrogen (secondary N) is 4. The Hall–Kier alpha value is -4.60. The number of benzene rings is 2. The molecule has 4 aromatic rings. The Morgan fingerprint density at radius 1 is 1.07 bits per heavy atom. The number of likely N-dealkylation sites (N-methyl/N-ethyl adjacent to an activating group) is 1. The van der Waals surface area contributed by atoms with Gasteiger partial charge in [-0.2, -0.15) is 9.40 Å². The number of H-pyrrole nitrogens is 2. The Labute approximate surface area is 246 Å². The minimum atomic E-state index is -4.25. The molecule has 1 aliphatic rings. The van der Waals surface area contributed by atoms with E-state index in [1.54, 1.807) is 24.4 Å². The van der Waals surface area contributed by atoms with Gasteiger partial charge >= 0.3 is 0 Å². The van der Waals surface area contributed by atoms with E-state index in [-0.39, 0.29) is 36.6 Å². The van der Waals surface area contributed by atoms with Gasteiger partial charge in [0.05, 0.1) is 21.7 Å². The number of hydrogen-bond donors (Lipinski definition) is 4. The largest absolute Gasteiger partial charge is 0.492 e. The van der Waals surface area contributed by atoms with Crippen LogP contribution in [0.25, 0.3) is 0 Å². The number of nitrogens with zero attached hydrogens (tertiary/aromatic N) is 3. The molecule has 1 aliphatic heterocycles. The van der Waals surface area contributed by atoms with E-state index >= 15 is 0 Å². The second-order valence-corrected chi connectivity index (χ2v) is 12.0. The lowest BCUT2D eigenvalue weighted by molar-refractivity contribution is 0.102. The van der Waals surface area contributed by atoms with E-state index < -0.39 is 38.4 Å². The molecule has 0 radical (unpaired) electrons. The Balaban J connectivity index is 1.38. The lowest BCUT2D eigenvalue weighted by atomic mass is 10.1. The fourth-order valence-corrected chi connectivity index (χ4v) is 5.95. The molecule has 4 N–H and O–H groups in total. The standard InChI is InChI=1S/C28H29F2N7O5S/c1-36(2)9-10-42-20-3-4-22(25(14-20)32-27(38)17-5-7-31-15-17)28(39)33-26-23-16-37(8-6-24(23)34-35-26)43(40,41)21-12-18(29)11-19(30)13-21/h3-5,7,11-15,31H,6,8-10,16H2,1-2H3,(H,32,38)(H2,33,34,35,39). The van der Waals surface area contributed by atoms with Crippen LogP contribution in [0.1, 0.15) is 32.0 Å². The topological polar surface area (TPSA) is 153 Å². The van der Waals surface area contributed by atoms with Crippen molar-refractivity contribution in [1.82, 2.24) is 24.4 Å². The molecule has 0 bridgehead atoms. The van der Waals surface area contributed by atoms with Crippen LogP contribution < -0.4 is 15.4 Å². The summed E-state index contributed by atoms with van der Waals surface area (Å²) >= 11 is 0. The maximum atomic E-state index is 13.8. The average Bonchev–Trinajstić information content (AvgIpc) is 3.63. The van der Waals surface area contributed by atoms with Crippen molar-refractivity contribution >= 4 is 33.3 Å². The maximum Gasteiger partial charge on any atom is 0.258 e. The summed E-state index contributed by atoms with van der Waals surface area (Å²) in [5.41, 5.74) is 1.66. The molecule has 15 heteroatoms. The first kappa shape index (κ1) is 29.9. The number of anilines is 2. The van der Waals surface area contributed by atoms with E-state index in [0.29, 0.717) is 41.8 Å². The highest BCUT2D eigenvalue weighted by Gasteiger charge is 2.32. The fourth-order valence-electron chi connectivity index (χ4n) is 4.50. The van der Waals surface area contributed by atoms with Gasteiger partial charge in [-0.3, -0.25) is 14.7 Å². The van der Waals surface area contributed by atoms with Gasteiger partial charge in [0.25, 0.3) is 11.8 Å². The van der Waals surface area contributed by atoms with Crippen molar-refractivity contribution in [2.24, 2.45) is 0 Å². The molecule has 0 saturated heterocycles. The van der Waals surface area contributed by atoms with Gasteiger partial charge in [0.1, 0.15) is 24.0 Å². The number of carbonyl (C=O) groups excluding carboxylic acids is 2. The molecule has 0 unspecified atom stereocenters. The van der Waals surface area contributed by atoms with Crippen molar-refractivity contribution < 1.29 is 31.5 Å². The van der Waals surface area contributed by atoms with Crippen LogP contribution in [0, 0.1) is 11.6 Å². The van der Waals surface area contributed by atoms with Crippen molar-refractivity contribution in [1.29, 1.82) is 0 Å². The third-order valence-corrected chi connectivity index (χ3v) is 8.58. The Bertz CT molecular complexity index is 1740. The van der Waals surface area contributed by atoms with Gasteiger partial charge in [0, 0.05) is 61.8 Å². The number of amides is 2. The molecule has 43 heavy (non-hydrogen) atoms. The normalized spacial score (nSPS) is 13.5. The molecule has 2 aromatic carbocycles. The molecule has 0 fully saturated rings. The van der Waals surface area contributed by atoms with Gasteiger partial charge < -0.3 is 25.3 Å². The second kappa shape index (κ2) is 12.3. The van der Waals surface area contributed by atoms with Crippen molar-refractivity contribution in [3.63, 3.8) is 0 Å². The third-order valence-electron chi connectivity index (χ3n) is 6.76. The number of carbonyl (C=O) groups is 2. The summed E-state index contributed by atoms with van der Waals surface area (Å²) in [6, 6.07) is 8.33. The zero-order valence-electron chi connectivity index (χ0n) is 23.3. The monoisotopic (exact) mass is 613 g/mol. The third kappa shape index (κ3) is 6.74. The van der Waals surface area contributed by atoms with Gasteiger partial charge in [-0.15, -0.1) is 0 Å². The van der Waals surface area contributed by atoms with Crippen LogP contribution in [0.5, 0.6) is 5.75 Å². The van der Waals surface area contributed by atoms with Crippen molar-refractivity contribution in [2.75, 3.05) is 44.4 Å². The minimum Gasteiger partial charge on any atom is -0.492 e. The van der Waals surface area contributed by atoms with Gasteiger partial charge in [-0.05, 0) is 44.4 Å². The molecule has 0 aliphatic carbocycles. The fraction of sp³-hybridized carbons (Fsp3) is 0.250. The average molecular weight is 614 g/mol. The highest BCUT2D eigenvalue weighted by atomic mass is 32.2. The van der Waals surface area contributed by atoms with Crippen molar-refractivity contribution in [3.8, 4) is 5.75 Å². The Morgan fingerprint density at radius 2 is 1.84 bits per heavy atom. The summed E-state index contributed by atoms with van der Waals surface area (Å²) in [4.78, 5) is 30.6. The van der Waals surface area contributed by atoms with Crippen LogP contribution in [0.2, 0.25) is 0 Å². The molecule has 2 aromatic heterocycles. The molecule has 0 spiro atoms. The van der Waals surface area contributed by atoms with E-state index in [9.17, 15) is 26.8 Å². The molecule has 12 nitrogen and oxygen atoms in total. The molecule has 2 amide bonds. The summed E-state index contributed by atoms with van der Waals surface area (Å²) in [5, 5.41) is 12.4. The van der Waals surface area contributed by atoms with Gasteiger partial charge in [-0.1, -0.05) is 0 Å². The van der Waals surface area contributed by atoms with Gasteiger partial charge in [0.15, 0.2) is 5.82 Å². The Morgan fingerprint density at radius 3 is 2.53 bits per heavy atom. The molecule has 226 valence electrons. The first-order valence-electron chi connectivity index (χ1n) is 13.2. The van der Waals surface area contributed by atoms with E-state index in [1.807, 2.05) is 19.0 Å². The molecule has 5 rings (SSSR count). The highest BCUT2D eigenvalue weighted by molar-refractivity contribution is 7.89. The molecule has 3 heterocycles. The summed E-state index contributed by atoms with van der Waals surface area (Å²) in [7, 11) is -0.441. The number of halogens is 2.